The van der Waals surface area contributed by atoms with Gasteiger partial charge in [0.2, 0.25) is 0 Å². The van der Waals surface area contributed by atoms with Crippen molar-refractivity contribution in [3.8, 4) is 0 Å². The summed E-state index contributed by atoms with van der Waals surface area (Å²) in [7, 11) is 0. The summed E-state index contributed by atoms with van der Waals surface area (Å²) in [5.41, 5.74) is -0.0847. The van der Waals surface area contributed by atoms with Gasteiger partial charge in [0.15, 0.2) is 0 Å². The van der Waals surface area contributed by atoms with Gasteiger partial charge in [0.25, 0.3) is 0 Å². The highest BCUT2D eigenvalue weighted by atomic mass is 79.9. The molecule has 0 radical (unpaired) electrons. The molecule has 1 aromatic rings. The molecule has 0 fully saturated rings. The molecule has 0 N–H and O–H groups in total. The molecule has 76 valence electrons. The number of rotatable bonds is 2. The van der Waals surface area contributed by atoms with E-state index in [4.69, 9.17) is 0 Å². The first-order valence-corrected chi connectivity index (χ1v) is 4.52. The minimum Gasteiger partial charge on any atom is -0.445 e. The summed E-state index contributed by atoms with van der Waals surface area (Å²) >= 11 is 2.88. The largest absolute Gasteiger partial charge is 0.502 e. The number of hydrogen-bond acceptors (Lipinski definition) is 0. The van der Waals surface area contributed by atoms with Crippen LogP contribution in [-0.4, -0.2) is 6.98 Å². The zero-order valence-corrected chi connectivity index (χ0v) is 8.44. The van der Waals surface area contributed by atoms with E-state index in [1.807, 2.05) is 0 Å². The van der Waals surface area contributed by atoms with Crippen LogP contribution in [0, 0.1) is 5.82 Å². The van der Waals surface area contributed by atoms with Crippen LogP contribution in [0.3, 0.4) is 0 Å². The van der Waals surface area contributed by atoms with E-state index in [1.165, 1.54) is 18.2 Å². The molecule has 0 aliphatic heterocycles. The molecule has 0 bridgehead atoms. The van der Waals surface area contributed by atoms with E-state index in [0.717, 1.165) is 6.08 Å². The third-order valence-corrected chi connectivity index (χ3v) is 2.09. The number of hydrogen-bond donors (Lipinski definition) is 0. The lowest BCUT2D eigenvalue weighted by Crippen LogP contribution is -2.09. The molecule has 0 atom stereocenters. The minimum absolute atomic E-state index is 0.0604. The molecule has 0 aromatic heterocycles. The van der Waals surface area contributed by atoms with E-state index in [0.29, 0.717) is 0 Å². The highest BCUT2D eigenvalue weighted by molar-refractivity contribution is 9.10. The van der Waals surface area contributed by atoms with Gasteiger partial charge in [0.05, 0.1) is 4.47 Å². The minimum atomic E-state index is -5.02. The van der Waals surface area contributed by atoms with Gasteiger partial charge in [-0.05, 0) is 22.0 Å². The molecule has 0 spiro atoms. The molecule has 0 aliphatic carbocycles. The van der Waals surface area contributed by atoms with Crippen LogP contribution >= 0.6 is 15.9 Å². The number of benzene rings is 1. The molecule has 0 saturated heterocycles. The van der Waals surface area contributed by atoms with Crippen LogP contribution in [0.2, 0.25) is 0 Å². The van der Waals surface area contributed by atoms with E-state index in [-0.39, 0.29) is 16.0 Å². The van der Waals surface area contributed by atoms with Crippen LogP contribution < -0.4 is 0 Å². The summed E-state index contributed by atoms with van der Waals surface area (Å²) in [5.74, 6) is -0.631. The van der Waals surface area contributed by atoms with Gasteiger partial charge in [-0.15, -0.1) is 5.98 Å². The Bertz CT molecular complexity index is 359. The molecule has 0 amide bonds. The first-order valence-electron chi connectivity index (χ1n) is 3.73. The summed E-state index contributed by atoms with van der Waals surface area (Å²) in [6.07, 6.45) is 0.722. The van der Waals surface area contributed by atoms with Gasteiger partial charge in [-0.3, -0.25) is 0 Å². The molecule has 6 heteroatoms. The average molecular weight is 268 g/mol. The van der Waals surface area contributed by atoms with Gasteiger partial charge in [0.1, 0.15) is 5.82 Å². The van der Waals surface area contributed by atoms with Crippen LogP contribution in [0.15, 0.2) is 28.6 Å². The first kappa shape index (κ1) is 11.3. The maximum Gasteiger partial charge on any atom is 0.502 e. The van der Waals surface area contributed by atoms with Crippen molar-refractivity contribution in [1.82, 2.24) is 0 Å². The maximum atomic E-state index is 13.1. The summed E-state index contributed by atoms with van der Waals surface area (Å²) in [5, 5.41) is 0. The Morgan fingerprint density at radius 3 is 2.43 bits per heavy atom. The molecule has 0 heterocycles. The van der Waals surface area contributed by atoms with Crippen molar-refractivity contribution in [2.45, 2.75) is 0 Å². The van der Waals surface area contributed by atoms with E-state index >= 15 is 0 Å². The lowest BCUT2D eigenvalue weighted by Gasteiger charge is -2.06. The zero-order chi connectivity index (χ0) is 10.8. The highest BCUT2D eigenvalue weighted by Crippen LogP contribution is 2.21. The second-order valence-corrected chi connectivity index (χ2v) is 3.48. The molecule has 0 aliphatic rings. The summed E-state index contributed by atoms with van der Waals surface area (Å²) in [4.78, 5) is 0. The van der Waals surface area contributed by atoms with Crippen molar-refractivity contribution in [3.63, 3.8) is 0 Å². The highest BCUT2D eigenvalue weighted by Gasteiger charge is 2.17. The summed E-state index contributed by atoms with van der Waals surface area (Å²) < 4.78 is 48.7. The van der Waals surface area contributed by atoms with Crippen molar-refractivity contribution < 1.29 is 17.3 Å². The Morgan fingerprint density at radius 2 is 1.86 bits per heavy atom. The smallest absolute Gasteiger partial charge is 0.445 e. The third-order valence-electron chi connectivity index (χ3n) is 1.48. The predicted octanol–water partition coefficient (Wildman–Crippen LogP) is 3.99. The summed E-state index contributed by atoms with van der Waals surface area (Å²) in [6, 6.07) is 4.17. The van der Waals surface area contributed by atoms with Crippen LogP contribution in [0.5, 0.6) is 0 Å². The summed E-state index contributed by atoms with van der Waals surface area (Å²) in [6.45, 7) is -5.02. The van der Waals surface area contributed by atoms with Gasteiger partial charge in [0, 0.05) is 5.56 Å². The molecular weight excluding hydrogens is 263 g/mol. The van der Waals surface area contributed by atoms with Gasteiger partial charge in [-0.1, -0.05) is 18.2 Å². The van der Waals surface area contributed by atoms with Crippen LogP contribution in [0.4, 0.5) is 17.3 Å². The van der Waals surface area contributed by atoms with Gasteiger partial charge in [-0.2, -0.15) is 0 Å². The van der Waals surface area contributed by atoms with Crippen molar-refractivity contribution in [3.05, 3.63) is 40.0 Å². The van der Waals surface area contributed by atoms with Crippen LogP contribution in [0.25, 0.3) is 6.08 Å². The molecule has 14 heavy (non-hydrogen) atoms. The Hall–Kier alpha value is -0.775. The molecule has 0 saturated carbocycles. The quantitative estimate of drug-likeness (QED) is 0.562. The Morgan fingerprint density at radius 1 is 1.21 bits per heavy atom. The zero-order valence-electron chi connectivity index (χ0n) is 6.85. The van der Waals surface area contributed by atoms with Crippen LogP contribution in [0.1, 0.15) is 5.56 Å². The lowest BCUT2D eigenvalue weighted by atomic mass is 9.90. The maximum absolute atomic E-state index is 13.1. The molecule has 0 unspecified atom stereocenters. The van der Waals surface area contributed by atoms with E-state index in [2.05, 4.69) is 15.9 Å². The second kappa shape index (κ2) is 4.17. The van der Waals surface area contributed by atoms with Crippen molar-refractivity contribution in [1.29, 1.82) is 0 Å². The van der Waals surface area contributed by atoms with E-state index in [9.17, 15) is 17.3 Å². The van der Waals surface area contributed by atoms with Crippen molar-refractivity contribution in [2.75, 3.05) is 0 Å². The Labute approximate surface area is 86.8 Å². The number of halogens is 5. The van der Waals surface area contributed by atoms with Crippen molar-refractivity contribution >= 4 is 29.0 Å². The SMILES string of the molecule is Fc1c(Br)cccc1/C=C/[B-](F)(F)F. The standard InChI is InChI=1S/C8H5BBrF4/c10-7-3-1-2-6(8(7)11)4-5-9(12,13)14/h1-5H/q-1/b5-4+. The Kier molecular flexibility index (Phi) is 3.36. The molecule has 1 aromatic carbocycles. The predicted molar refractivity (Wildman–Crippen MR) is 52.2 cm³/mol. The lowest BCUT2D eigenvalue weighted by molar-refractivity contribution is 0.499. The van der Waals surface area contributed by atoms with Crippen LogP contribution in [-0.2, 0) is 0 Å². The molecular formula is C8H5BBrF4-. The van der Waals surface area contributed by atoms with Gasteiger partial charge >= 0.3 is 6.98 Å². The fraction of sp³-hybridized carbons (Fsp3) is 0. The fourth-order valence-electron chi connectivity index (χ4n) is 0.862. The average Bonchev–Trinajstić information content (AvgIpc) is 2.06. The van der Waals surface area contributed by atoms with Crippen molar-refractivity contribution in [2.24, 2.45) is 0 Å². The fourth-order valence-corrected chi connectivity index (χ4v) is 1.24. The van der Waals surface area contributed by atoms with E-state index < -0.39 is 12.8 Å². The Balaban J connectivity index is 2.98. The third kappa shape index (κ3) is 3.18. The van der Waals surface area contributed by atoms with Gasteiger partial charge in [-0.25, -0.2) is 4.39 Å². The van der Waals surface area contributed by atoms with Gasteiger partial charge < -0.3 is 12.9 Å². The van der Waals surface area contributed by atoms with E-state index in [1.54, 1.807) is 0 Å². The molecule has 1 rings (SSSR count). The first-order chi connectivity index (χ1) is 6.40. The monoisotopic (exact) mass is 267 g/mol. The normalized spacial score (nSPS) is 12.4. The molecule has 0 nitrogen and oxygen atoms in total. The topological polar surface area (TPSA) is 0 Å². The second-order valence-electron chi connectivity index (χ2n) is 2.63.